The van der Waals surface area contributed by atoms with Gasteiger partial charge in [-0.05, 0) is 24.3 Å². The van der Waals surface area contributed by atoms with Crippen LogP contribution in [0, 0.1) is 0 Å². The molecule has 0 radical (unpaired) electrons. The first-order valence-corrected chi connectivity index (χ1v) is 7.19. The number of para-hydroxylation sites is 4. The lowest BCUT2D eigenvalue weighted by atomic mass is 10.3. The summed E-state index contributed by atoms with van der Waals surface area (Å²) in [5.74, 6) is 0. The van der Waals surface area contributed by atoms with Crippen LogP contribution in [0.5, 0.6) is 0 Å². The van der Waals surface area contributed by atoms with Gasteiger partial charge in [0.15, 0.2) is 0 Å². The lowest BCUT2D eigenvalue weighted by Gasteiger charge is -1.78. The lowest BCUT2D eigenvalue weighted by Crippen LogP contribution is -1.63. The molecule has 0 bridgehead atoms. The van der Waals surface area contributed by atoms with Crippen LogP contribution in [-0.4, -0.2) is 40.6 Å². The van der Waals surface area contributed by atoms with Gasteiger partial charge in [0, 0.05) is 4.57 Å². The molecule has 4 rings (SSSR count). The average Bonchev–Trinajstić information content (AvgIpc) is 3.16. The maximum absolute atomic E-state index is 8.70. The molecule has 0 amide bonds. The highest BCUT2D eigenvalue weighted by Gasteiger charge is 1.93. The monoisotopic (exact) mass is 319 g/mol. The zero-order valence-corrected chi connectivity index (χ0v) is 12.1. The highest BCUT2D eigenvalue weighted by atomic mass is 31.1. The van der Waals surface area contributed by atoms with Crippen LogP contribution >= 0.6 is 8.25 Å². The Hall–Kier alpha value is -2.74. The standard InChI is InChI=1S/2C6H5N3.HO3P/c2*1-2-4-6-5(3-1)7-9-8-6;1-4(2)3/h2*1-4H,(H,7,8,9);(H-,1,2,3)/p+1. The predicted octanol–water partition coefficient (Wildman–Crippen LogP) is 1.54. The summed E-state index contributed by atoms with van der Waals surface area (Å²) in [6, 6.07) is 15.4. The molecule has 0 aliphatic rings. The first kappa shape index (κ1) is 15.6. The third-order valence-corrected chi connectivity index (χ3v) is 2.45. The van der Waals surface area contributed by atoms with Gasteiger partial charge in [-0.25, -0.2) is 0 Å². The fraction of sp³-hybridized carbons (Fsp3) is 0. The number of rotatable bonds is 0. The third kappa shape index (κ3) is 4.67. The first-order chi connectivity index (χ1) is 10.7. The minimum absolute atomic E-state index is 0.914. The molecule has 22 heavy (non-hydrogen) atoms. The average molecular weight is 319 g/mol. The quantitative estimate of drug-likeness (QED) is 0.360. The second kappa shape index (κ2) is 7.89. The van der Waals surface area contributed by atoms with Crippen molar-refractivity contribution in [2.24, 2.45) is 0 Å². The van der Waals surface area contributed by atoms with Crippen LogP contribution < -0.4 is 0 Å². The van der Waals surface area contributed by atoms with Gasteiger partial charge in [-0.2, -0.15) is 30.8 Å². The smallest absolute Gasteiger partial charge is 0.197 e. The van der Waals surface area contributed by atoms with E-state index in [1.165, 1.54) is 0 Å². The van der Waals surface area contributed by atoms with Crippen molar-refractivity contribution in [3.63, 3.8) is 0 Å². The van der Waals surface area contributed by atoms with E-state index in [9.17, 15) is 0 Å². The number of aromatic amines is 2. The van der Waals surface area contributed by atoms with Crippen LogP contribution in [0.25, 0.3) is 22.1 Å². The van der Waals surface area contributed by atoms with Gasteiger partial charge in [-0.1, -0.05) is 24.3 Å². The van der Waals surface area contributed by atoms with Crippen molar-refractivity contribution in [3.05, 3.63) is 48.5 Å². The molecular formula is C12H12N6O3P+. The Balaban J connectivity index is 0.000000131. The first-order valence-electron chi connectivity index (χ1n) is 6.03. The van der Waals surface area contributed by atoms with Crippen molar-refractivity contribution < 1.29 is 14.4 Å². The maximum atomic E-state index is 8.70. The second-order valence-electron chi connectivity index (χ2n) is 3.88. The molecule has 2 heterocycles. The van der Waals surface area contributed by atoms with Crippen LogP contribution in [0.4, 0.5) is 0 Å². The van der Waals surface area contributed by atoms with E-state index in [0.717, 1.165) is 22.1 Å². The minimum atomic E-state index is -2.87. The molecule has 0 fully saturated rings. The number of benzene rings is 2. The Morgan fingerprint density at radius 1 is 0.682 bits per heavy atom. The van der Waals surface area contributed by atoms with Gasteiger partial charge in [0.2, 0.25) is 0 Å². The van der Waals surface area contributed by atoms with Crippen LogP contribution in [-0.2, 0) is 4.57 Å². The van der Waals surface area contributed by atoms with Gasteiger partial charge in [-0.15, -0.1) is 9.79 Å². The van der Waals surface area contributed by atoms with Gasteiger partial charge >= 0.3 is 8.25 Å². The molecule has 0 unspecified atom stereocenters. The molecule has 10 heteroatoms. The Morgan fingerprint density at radius 3 is 1.14 bits per heavy atom. The van der Waals surface area contributed by atoms with E-state index >= 15 is 0 Å². The number of aromatic nitrogens is 6. The molecule has 0 aliphatic carbocycles. The number of fused-ring (bicyclic) bond motifs is 2. The van der Waals surface area contributed by atoms with E-state index in [1.807, 2.05) is 48.5 Å². The summed E-state index contributed by atoms with van der Waals surface area (Å²) in [6.45, 7) is 0. The molecule has 0 saturated carbocycles. The predicted molar refractivity (Wildman–Crippen MR) is 79.8 cm³/mol. The molecule has 4 aromatic rings. The molecule has 0 spiro atoms. The van der Waals surface area contributed by atoms with Crippen molar-refractivity contribution in [2.75, 3.05) is 0 Å². The van der Waals surface area contributed by atoms with Crippen molar-refractivity contribution >= 4 is 30.3 Å². The van der Waals surface area contributed by atoms with Gasteiger partial charge in [-0.3, -0.25) is 0 Å². The molecule has 2 aromatic carbocycles. The Labute approximate surface area is 125 Å². The SMILES string of the molecule is O=[P+](O)O.c1ccc2n[nH]nc2c1.c1ccc2n[nH]nc2c1. The largest absolute Gasteiger partial charge is 0.692 e. The van der Waals surface area contributed by atoms with Crippen LogP contribution in [0.2, 0.25) is 0 Å². The highest BCUT2D eigenvalue weighted by Crippen LogP contribution is 2.04. The summed E-state index contributed by atoms with van der Waals surface area (Å²) in [5.41, 5.74) is 3.66. The number of hydrogen-bond donors (Lipinski definition) is 4. The van der Waals surface area contributed by atoms with Gasteiger partial charge in [0.1, 0.15) is 22.1 Å². The molecule has 0 aliphatic heterocycles. The summed E-state index contributed by atoms with van der Waals surface area (Å²) in [4.78, 5) is 14.2. The second-order valence-corrected chi connectivity index (χ2v) is 4.38. The molecule has 2 aromatic heterocycles. The number of H-pyrrole nitrogens is 2. The Kier molecular flexibility index (Phi) is 5.61. The molecule has 112 valence electrons. The summed E-state index contributed by atoms with van der Waals surface area (Å²) < 4.78 is 8.70. The zero-order chi connectivity index (χ0) is 15.8. The topological polar surface area (TPSA) is 141 Å². The zero-order valence-electron chi connectivity index (χ0n) is 11.2. The van der Waals surface area contributed by atoms with Crippen molar-refractivity contribution in [2.45, 2.75) is 0 Å². The maximum Gasteiger partial charge on any atom is 0.692 e. The van der Waals surface area contributed by atoms with Crippen molar-refractivity contribution in [3.8, 4) is 0 Å². The normalized spacial score (nSPS) is 9.55. The third-order valence-electron chi connectivity index (χ3n) is 2.45. The fourth-order valence-electron chi connectivity index (χ4n) is 1.57. The summed E-state index contributed by atoms with van der Waals surface area (Å²) in [7, 11) is -2.87. The van der Waals surface area contributed by atoms with Crippen LogP contribution in [0.3, 0.4) is 0 Å². The van der Waals surface area contributed by atoms with E-state index in [1.54, 1.807) is 0 Å². The summed E-state index contributed by atoms with van der Waals surface area (Å²) in [6.07, 6.45) is 0. The molecule has 0 saturated heterocycles. The molecular weight excluding hydrogens is 307 g/mol. The van der Waals surface area contributed by atoms with E-state index in [-0.39, 0.29) is 0 Å². The van der Waals surface area contributed by atoms with E-state index in [4.69, 9.17) is 14.4 Å². The number of nitrogens with one attached hydrogen (secondary N) is 2. The molecule has 4 N–H and O–H groups in total. The van der Waals surface area contributed by atoms with Gasteiger partial charge < -0.3 is 0 Å². The van der Waals surface area contributed by atoms with E-state index in [0.29, 0.717) is 0 Å². The summed E-state index contributed by atoms with van der Waals surface area (Å²) >= 11 is 0. The number of hydrogen-bond acceptors (Lipinski definition) is 5. The number of nitrogens with zero attached hydrogens (tertiary/aromatic N) is 4. The lowest BCUT2D eigenvalue weighted by molar-refractivity contribution is 0.405. The van der Waals surface area contributed by atoms with Crippen molar-refractivity contribution in [1.82, 2.24) is 30.8 Å². The van der Waals surface area contributed by atoms with E-state index < -0.39 is 8.25 Å². The van der Waals surface area contributed by atoms with Gasteiger partial charge in [0.05, 0.1) is 0 Å². The Bertz CT molecular complexity index is 731. The minimum Gasteiger partial charge on any atom is -0.197 e. The van der Waals surface area contributed by atoms with E-state index in [2.05, 4.69) is 30.8 Å². The van der Waals surface area contributed by atoms with Crippen LogP contribution in [0.15, 0.2) is 48.5 Å². The molecule has 9 nitrogen and oxygen atoms in total. The fourth-order valence-corrected chi connectivity index (χ4v) is 1.57. The summed E-state index contributed by atoms with van der Waals surface area (Å²) in [5, 5.41) is 20.6. The van der Waals surface area contributed by atoms with Gasteiger partial charge in [0.25, 0.3) is 0 Å². The molecule has 0 atom stereocenters. The van der Waals surface area contributed by atoms with Crippen LogP contribution in [0.1, 0.15) is 0 Å². The highest BCUT2D eigenvalue weighted by molar-refractivity contribution is 7.30. The van der Waals surface area contributed by atoms with Crippen molar-refractivity contribution in [1.29, 1.82) is 0 Å². The Morgan fingerprint density at radius 2 is 0.909 bits per heavy atom.